The van der Waals surface area contributed by atoms with Gasteiger partial charge in [-0.15, -0.1) is 0 Å². The van der Waals surface area contributed by atoms with Crippen LogP contribution < -0.4 is 5.73 Å². The van der Waals surface area contributed by atoms with Gasteiger partial charge in [-0.05, 0) is 24.6 Å². The third kappa shape index (κ3) is 2.44. The van der Waals surface area contributed by atoms with Gasteiger partial charge in [0.1, 0.15) is 5.82 Å². The third-order valence-corrected chi connectivity index (χ3v) is 4.93. The van der Waals surface area contributed by atoms with Gasteiger partial charge in [0, 0.05) is 13.1 Å². The van der Waals surface area contributed by atoms with Crippen LogP contribution in [0, 0.1) is 12.7 Å². The van der Waals surface area contributed by atoms with Crippen LogP contribution in [0.5, 0.6) is 0 Å². The van der Waals surface area contributed by atoms with E-state index in [9.17, 15) is 23.0 Å². The Labute approximate surface area is 110 Å². The number of halogens is 1. The van der Waals surface area contributed by atoms with Gasteiger partial charge in [0.25, 0.3) is 0 Å². The SMILES string of the molecule is Cc1cc(S(=O)(=O)N2C[C@@H](O)[C@@H](O)C2)cc(N)c1F. The molecule has 2 atom stereocenters. The lowest BCUT2D eigenvalue weighted by atomic mass is 10.2. The molecule has 8 heteroatoms. The van der Waals surface area contributed by atoms with Crippen LogP contribution in [0.15, 0.2) is 17.0 Å². The van der Waals surface area contributed by atoms with Gasteiger partial charge in [0.2, 0.25) is 10.0 Å². The maximum Gasteiger partial charge on any atom is 0.243 e. The van der Waals surface area contributed by atoms with Crippen LogP contribution >= 0.6 is 0 Å². The number of benzene rings is 1. The minimum atomic E-state index is -3.90. The number of aryl methyl sites for hydroxylation is 1. The summed E-state index contributed by atoms with van der Waals surface area (Å²) in [5.41, 5.74) is 5.29. The molecule has 0 unspecified atom stereocenters. The van der Waals surface area contributed by atoms with Gasteiger partial charge in [-0.1, -0.05) is 0 Å². The number of hydrogen-bond acceptors (Lipinski definition) is 5. The van der Waals surface area contributed by atoms with Gasteiger partial charge < -0.3 is 15.9 Å². The second-order valence-corrected chi connectivity index (χ2v) is 6.54. The number of nitrogen functional groups attached to an aromatic ring is 1. The zero-order valence-electron chi connectivity index (χ0n) is 10.2. The first kappa shape index (κ1) is 14.2. The molecule has 1 aromatic rings. The Morgan fingerprint density at radius 3 is 2.32 bits per heavy atom. The summed E-state index contributed by atoms with van der Waals surface area (Å²) in [6, 6.07) is 2.22. The normalized spacial score (nSPS) is 24.8. The highest BCUT2D eigenvalue weighted by Gasteiger charge is 2.37. The molecule has 1 aliphatic rings. The Morgan fingerprint density at radius 2 is 1.84 bits per heavy atom. The minimum absolute atomic E-state index is 0.124. The van der Waals surface area contributed by atoms with Gasteiger partial charge in [-0.2, -0.15) is 4.31 Å². The molecule has 1 fully saturated rings. The Kier molecular flexibility index (Phi) is 3.52. The number of β-amino-alcohol motifs (C(OH)–C–C–N with tert-alkyl or cyclic N) is 2. The first-order valence-corrected chi connectivity index (χ1v) is 7.09. The molecule has 2 rings (SSSR count). The van der Waals surface area contributed by atoms with E-state index in [1.165, 1.54) is 13.0 Å². The summed E-state index contributed by atoms with van der Waals surface area (Å²) in [6.07, 6.45) is -2.23. The first-order chi connectivity index (χ1) is 8.73. The average molecular weight is 290 g/mol. The number of sulfonamides is 1. The van der Waals surface area contributed by atoms with Gasteiger partial charge in [-0.3, -0.25) is 0 Å². The topological polar surface area (TPSA) is 104 Å². The molecule has 6 nitrogen and oxygen atoms in total. The number of rotatable bonds is 2. The molecule has 1 saturated heterocycles. The summed E-state index contributed by atoms with van der Waals surface area (Å²) >= 11 is 0. The number of nitrogens with zero attached hydrogens (tertiary/aromatic N) is 1. The molecule has 19 heavy (non-hydrogen) atoms. The zero-order valence-corrected chi connectivity index (χ0v) is 11.1. The van der Waals surface area contributed by atoms with Crippen molar-refractivity contribution in [2.45, 2.75) is 24.0 Å². The molecule has 1 heterocycles. The van der Waals surface area contributed by atoms with E-state index in [0.29, 0.717) is 0 Å². The van der Waals surface area contributed by atoms with Crippen LogP contribution in [0.3, 0.4) is 0 Å². The molecule has 0 bridgehead atoms. The number of aliphatic hydroxyl groups is 2. The van der Waals surface area contributed by atoms with E-state index in [2.05, 4.69) is 0 Å². The van der Waals surface area contributed by atoms with Crippen molar-refractivity contribution in [3.05, 3.63) is 23.5 Å². The van der Waals surface area contributed by atoms with Crippen LogP contribution in [0.2, 0.25) is 0 Å². The van der Waals surface area contributed by atoms with Crippen LogP contribution in [0.25, 0.3) is 0 Å². The summed E-state index contributed by atoms with van der Waals surface area (Å²) in [5, 5.41) is 18.8. The quantitative estimate of drug-likeness (QED) is 0.634. The van der Waals surface area contributed by atoms with E-state index < -0.39 is 28.0 Å². The zero-order chi connectivity index (χ0) is 14.4. The first-order valence-electron chi connectivity index (χ1n) is 5.65. The molecule has 0 amide bonds. The molecule has 0 saturated carbocycles. The molecule has 0 spiro atoms. The largest absolute Gasteiger partial charge is 0.396 e. The lowest BCUT2D eigenvalue weighted by molar-refractivity contribution is 0.0572. The van der Waals surface area contributed by atoms with Crippen LogP contribution in [0.1, 0.15) is 5.56 Å². The van der Waals surface area contributed by atoms with Crippen LogP contribution in [-0.4, -0.2) is 48.2 Å². The minimum Gasteiger partial charge on any atom is -0.396 e. The Morgan fingerprint density at radius 1 is 1.32 bits per heavy atom. The average Bonchev–Trinajstić information content (AvgIpc) is 2.66. The van der Waals surface area contributed by atoms with E-state index in [4.69, 9.17) is 5.73 Å². The second-order valence-electron chi connectivity index (χ2n) is 4.60. The van der Waals surface area contributed by atoms with Gasteiger partial charge in [0.15, 0.2) is 0 Å². The molecule has 4 N–H and O–H groups in total. The fourth-order valence-corrected chi connectivity index (χ4v) is 3.59. The molecule has 1 aromatic carbocycles. The molecule has 1 aliphatic heterocycles. The molecular formula is C11H15FN2O4S. The second kappa shape index (κ2) is 4.71. The van der Waals surface area contributed by atoms with Crippen molar-refractivity contribution in [2.75, 3.05) is 18.8 Å². The molecular weight excluding hydrogens is 275 g/mol. The van der Waals surface area contributed by atoms with Crippen LogP contribution in [0.4, 0.5) is 10.1 Å². The van der Waals surface area contributed by atoms with Crippen molar-refractivity contribution in [3.63, 3.8) is 0 Å². The van der Waals surface area contributed by atoms with Crippen molar-refractivity contribution in [1.29, 1.82) is 0 Å². The van der Waals surface area contributed by atoms with E-state index >= 15 is 0 Å². The number of hydrogen-bond donors (Lipinski definition) is 3. The van der Waals surface area contributed by atoms with E-state index in [0.717, 1.165) is 10.4 Å². The third-order valence-electron chi connectivity index (χ3n) is 3.12. The number of aliphatic hydroxyl groups excluding tert-OH is 2. The molecule has 106 valence electrons. The van der Waals surface area contributed by atoms with Crippen LogP contribution in [-0.2, 0) is 10.0 Å². The van der Waals surface area contributed by atoms with E-state index in [1.54, 1.807) is 0 Å². The monoisotopic (exact) mass is 290 g/mol. The number of anilines is 1. The standard InChI is InChI=1S/C11H15FN2O4S/c1-6-2-7(3-8(13)11(6)12)19(17,18)14-4-9(15)10(16)5-14/h2-3,9-10,15-16H,4-5,13H2,1H3/t9-,10+. The highest BCUT2D eigenvalue weighted by atomic mass is 32.2. The summed E-state index contributed by atoms with van der Waals surface area (Å²) in [5.74, 6) is -0.652. The van der Waals surface area contributed by atoms with E-state index in [1.807, 2.05) is 0 Å². The van der Waals surface area contributed by atoms with Crippen molar-refractivity contribution in [1.82, 2.24) is 4.31 Å². The predicted octanol–water partition coefficient (Wildman–Crippen LogP) is -0.558. The fourth-order valence-electron chi connectivity index (χ4n) is 1.99. The molecule has 0 aromatic heterocycles. The lowest BCUT2D eigenvalue weighted by Crippen LogP contribution is -2.30. The predicted molar refractivity (Wildman–Crippen MR) is 66.3 cm³/mol. The van der Waals surface area contributed by atoms with Gasteiger partial charge in [0.05, 0.1) is 22.8 Å². The Hall–Kier alpha value is -1.22. The summed E-state index contributed by atoms with van der Waals surface area (Å²) in [4.78, 5) is -0.148. The van der Waals surface area contributed by atoms with Crippen molar-refractivity contribution < 1.29 is 23.0 Å². The van der Waals surface area contributed by atoms with Crippen molar-refractivity contribution >= 4 is 15.7 Å². The Bertz CT molecular complexity index is 572. The highest BCUT2D eigenvalue weighted by Crippen LogP contribution is 2.26. The summed E-state index contributed by atoms with van der Waals surface area (Å²) < 4.78 is 38.9. The smallest absolute Gasteiger partial charge is 0.243 e. The molecule has 0 aliphatic carbocycles. The van der Waals surface area contributed by atoms with Gasteiger partial charge >= 0.3 is 0 Å². The highest BCUT2D eigenvalue weighted by molar-refractivity contribution is 7.89. The Balaban J connectivity index is 2.41. The van der Waals surface area contributed by atoms with Crippen molar-refractivity contribution in [2.24, 2.45) is 0 Å². The number of nitrogens with two attached hydrogens (primary N) is 1. The summed E-state index contributed by atoms with van der Waals surface area (Å²) in [7, 11) is -3.90. The fraction of sp³-hybridized carbons (Fsp3) is 0.455. The lowest BCUT2D eigenvalue weighted by Gasteiger charge is -2.16. The molecule has 0 radical (unpaired) electrons. The maximum absolute atomic E-state index is 13.4. The maximum atomic E-state index is 13.4. The van der Waals surface area contributed by atoms with Crippen molar-refractivity contribution in [3.8, 4) is 0 Å². The summed E-state index contributed by atoms with van der Waals surface area (Å²) in [6.45, 7) is 1.03. The van der Waals surface area contributed by atoms with E-state index in [-0.39, 0.29) is 29.2 Å². The van der Waals surface area contributed by atoms with Gasteiger partial charge in [-0.25, -0.2) is 12.8 Å².